The van der Waals surface area contributed by atoms with Crippen molar-refractivity contribution in [1.29, 1.82) is 0 Å². The molecule has 0 aromatic carbocycles. The highest BCUT2D eigenvalue weighted by molar-refractivity contribution is 6.28. The zero-order chi connectivity index (χ0) is 13.1. The molecule has 7 heteroatoms. The van der Waals surface area contributed by atoms with E-state index in [0.717, 1.165) is 12.8 Å². The Morgan fingerprint density at radius 3 is 2.89 bits per heavy atom. The molecule has 0 bridgehead atoms. The number of amides is 1. The second-order valence-corrected chi connectivity index (χ2v) is 4.70. The largest absolute Gasteiger partial charge is 0.394 e. The third-order valence-electron chi connectivity index (χ3n) is 2.70. The van der Waals surface area contributed by atoms with Crippen molar-refractivity contribution in [3.8, 4) is 0 Å². The fourth-order valence-electron chi connectivity index (χ4n) is 1.50. The molecule has 6 nitrogen and oxygen atoms in total. The van der Waals surface area contributed by atoms with Crippen LogP contribution in [0.25, 0.3) is 0 Å². The SMILES string of the molecule is Cc1nc(Cl)nc(NCCC(=O)NC2CC2)c1N. The number of anilines is 2. The molecule has 1 aromatic rings. The molecule has 0 unspecified atom stereocenters. The van der Waals surface area contributed by atoms with E-state index in [9.17, 15) is 4.79 Å². The van der Waals surface area contributed by atoms with Gasteiger partial charge in [-0.05, 0) is 31.4 Å². The molecule has 0 spiro atoms. The summed E-state index contributed by atoms with van der Waals surface area (Å²) in [5, 5.41) is 6.05. The van der Waals surface area contributed by atoms with Crippen LogP contribution in [0, 0.1) is 6.92 Å². The summed E-state index contributed by atoms with van der Waals surface area (Å²) in [6.07, 6.45) is 2.57. The van der Waals surface area contributed by atoms with Crippen LogP contribution in [0.2, 0.25) is 5.28 Å². The van der Waals surface area contributed by atoms with Crippen molar-refractivity contribution < 1.29 is 4.79 Å². The van der Waals surface area contributed by atoms with Gasteiger partial charge in [-0.25, -0.2) is 4.98 Å². The van der Waals surface area contributed by atoms with Crippen molar-refractivity contribution >= 4 is 29.0 Å². The van der Waals surface area contributed by atoms with Gasteiger partial charge in [-0.2, -0.15) is 4.98 Å². The molecule has 18 heavy (non-hydrogen) atoms. The lowest BCUT2D eigenvalue weighted by Gasteiger charge is -2.10. The lowest BCUT2D eigenvalue weighted by atomic mass is 10.3. The van der Waals surface area contributed by atoms with Crippen LogP contribution in [-0.2, 0) is 4.79 Å². The first kappa shape index (κ1) is 12.9. The molecule has 2 rings (SSSR count). The minimum absolute atomic E-state index is 0.0421. The van der Waals surface area contributed by atoms with Crippen LogP contribution in [0.3, 0.4) is 0 Å². The van der Waals surface area contributed by atoms with Gasteiger partial charge in [0.15, 0.2) is 5.82 Å². The summed E-state index contributed by atoms with van der Waals surface area (Å²) in [5.41, 5.74) is 6.90. The maximum absolute atomic E-state index is 11.5. The Hall–Kier alpha value is -1.56. The number of aromatic nitrogens is 2. The van der Waals surface area contributed by atoms with Gasteiger partial charge in [0.2, 0.25) is 11.2 Å². The minimum Gasteiger partial charge on any atom is -0.394 e. The van der Waals surface area contributed by atoms with Crippen LogP contribution in [0.15, 0.2) is 0 Å². The summed E-state index contributed by atoms with van der Waals surface area (Å²) < 4.78 is 0. The summed E-state index contributed by atoms with van der Waals surface area (Å²) in [4.78, 5) is 19.4. The molecule has 1 aliphatic rings. The van der Waals surface area contributed by atoms with E-state index in [1.54, 1.807) is 6.92 Å². The molecule has 1 aliphatic carbocycles. The molecule has 0 atom stereocenters. The Bertz CT molecular complexity index is 461. The average Bonchev–Trinajstić information content (AvgIpc) is 3.08. The number of nitrogens with one attached hydrogen (secondary N) is 2. The van der Waals surface area contributed by atoms with E-state index >= 15 is 0 Å². The summed E-state index contributed by atoms with van der Waals surface area (Å²) in [6, 6.07) is 0.387. The summed E-state index contributed by atoms with van der Waals surface area (Å²) in [7, 11) is 0. The van der Waals surface area contributed by atoms with Crippen LogP contribution in [0.5, 0.6) is 0 Å². The van der Waals surface area contributed by atoms with E-state index in [1.165, 1.54) is 0 Å². The molecule has 1 fully saturated rings. The van der Waals surface area contributed by atoms with E-state index in [-0.39, 0.29) is 11.2 Å². The predicted octanol–water partition coefficient (Wildman–Crippen LogP) is 1.10. The fourth-order valence-corrected chi connectivity index (χ4v) is 1.72. The van der Waals surface area contributed by atoms with Crippen LogP contribution < -0.4 is 16.4 Å². The number of carbonyl (C=O) groups excluding carboxylic acids is 1. The first-order valence-corrected chi connectivity index (χ1v) is 6.27. The van der Waals surface area contributed by atoms with Gasteiger partial charge in [-0.3, -0.25) is 4.79 Å². The number of hydrogen-bond donors (Lipinski definition) is 3. The van der Waals surface area contributed by atoms with Gasteiger partial charge in [-0.1, -0.05) is 0 Å². The van der Waals surface area contributed by atoms with Crippen molar-refractivity contribution in [2.24, 2.45) is 0 Å². The van der Waals surface area contributed by atoms with Crippen molar-refractivity contribution in [3.05, 3.63) is 11.0 Å². The van der Waals surface area contributed by atoms with Crippen LogP contribution in [0.1, 0.15) is 25.0 Å². The summed E-state index contributed by atoms with van der Waals surface area (Å²) in [6.45, 7) is 2.23. The fraction of sp³-hybridized carbons (Fsp3) is 0.545. The van der Waals surface area contributed by atoms with Crippen LogP contribution in [0.4, 0.5) is 11.5 Å². The standard InChI is InChI=1S/C11H16ClN5O/c1-6-9(13)10(17-11(12)15-6)14-5-4-8(18)16-7-2-3-7/h7H,2-5,13H2,1H3,(H,16,18)(H,14,15,17). The quantitative estimate of drug-likeness (QED) is 0.696. The third-order valence-corrected chi connectivity index (χ3v) is 2.86. The van der Waals surface area contributed by atoms with Gasteiger partial charge >= 0.3 is 0 Å². The van der Waals surface area contributed by atoms with Gasteiger partial charge in [-0.15, -0.1) is 0 Å². The molecule has 1 amide bonds. The topological polar surface area (TPSA) is 92.9 Å². The van der Waals surface area contributed by atoms with Gasteiger partial charge in [0, 0.05) is 19.0 Å². The highest BCUT2D eigenvalue weighted by atomic mass is 35.5. The number of aryl methyl sites for hydroxylation is 1. The molecule has 0 radical (unpaired) electrons. The predicted molar refractivity (Wildman–Crippen MR) is 70.5 cm³/mol. The first-order chi connectivity index (χ1) is 8.56. The Morgan fingerprint density at radius 2 is 2.22 bits per heavy atom. The number of rotatable bonds is 5. The first-order valence-electron chi connectivity index (χ1n) is 5.89. The normalized spacial score (nSPS) is 14.3. The third kappa shape index (κ3) is 3.46. The van der Waals surface area contributed by atoms with E-state index in [4.69, 9.17) is 17.3 Å². The Labute approximate surface area is 110 Å². The zero-order valence-corrected chi connectivity index (χ0v) is 10.9. The van der Waals surface area contributed by atoms with E-state index in [0.29, 0.717) is 36.2 Å². The van der Waals surface area contributed by atoms with Crippen molar-refractivity contribution in [2.75, 3.05) is 17.6 Å². The second-order valence-electron chi connectivity index (χ2n) is 4.36. The number of nitrogen functional groups attached to an aromatic ring is 1. The molecule has 1 saturated carbocycles. The number of carbonyl (C=O) groups is 1. The molecule has 0 aliphatic heterocycles. The molecule has 0 saturated heterocycles. The van der Waals surface area contributed by atoms with Gasteiger partial charge < -0.3 is 16.4 Å². The molecule has 98 valence electrons. The van der Waals surface area contributed by atoms with Crippen LogP contribution in [-0.4, -0.2) is 28.5 Å². The van der Waals surface area contributed by atoms with Gasteiger partial charge in [0.1, 0.15) is 0 Å². The number of nitrogens with zero attached hydrogens (tertiary/aromatic N) is 2. The molecule has 1 heterocycles. The highest BCUT2D eigenvalue weighted by Gasteiger charge is 2.22. The van der Waals surface area contributed by atoms with E-state index in [2.05, 4.69) is 20.6 Å². The molecule has 1 aromatic heterocycles. The minimum atomic E-state index is 0.0421. The average molecular weight is 270 g/mol. The lowest BCUT2D eigenvalue weighted by Crippen LogP contribution is -2.27. The van der Waals surface area contributed by atoms with Gasteiger partial charge in [0.05, 0.1) is 11.4 Å². The Balaban J connectivity index is 1.83. The smallest absolute Gasteiger partial charge is 0.224 e. The monoisotopic (exact) mass is 269 g/mol. The Kier molecular flexibility index (Phi) is 3.86. The summed E-state index contributed by atoms with van der Waals surface area (Å²) >= 11 is 5.74. The van der Waals surface area contributed by atoms with Crippen molar-refractivity contribution in [2.45, 2.75) is 32.2 Å². The van der Waals surface area contributed by atoms with Gasteiger partial charge in [0.25, 0.3) is 0 Å². The zero-order valence-electron chi connectivity index (χ0n) is 10.2. The molecular weight excluding hydrogens is 254 g/mol. The second kappa shape index (κ2) is 5.39. The lowest BCUT2D eigenvalue weighted by molar-refractivity contribution is -0.120. The van der Waals surface area contributed by atoms with Crippen molar-refractivity contribution in [1.82, 2.24) is 15.3 Å². The number of hydrogen-bond acceptors (Lipinski definition) is 5. The number of nitrogens with two attached hydrogens (primary N) is 1. The van der Waals surface area contributed by atoms with E-state index in [1.807, 2.05) is 0 Å². The maximum atomic E-state index is 11.5. The van der Waals surface area contributed by atoms with Crippen LogP contribution >= 0.6 is 11.6 Å². The highest BCUT2D eigenvalue weighted by Crippen LogP contribution is 2.20. The Morgan fingerprint density at radius 1 is 1.50 bits per heavy atom. The van der Waals surface area contributed by atoms with Crippen molar-refractivity contribution in [3.63, 3.8) is 0 Å². The number of halogens is 1. The molecular formula is C11H16ClN5O. The summed E-state index contributed by atoms with van der Waals surface area (Å²) in [5.74, 6) is 0.521. The maximum Gasteiger partial charge on any atom is 0.224 e. The van der Waals surface area contributed by atoms with E-state index < -0.39 is 0 Å². The molecule has 4 N–H and O–H groups in total.